The normalized spacial score (nSPS) is 17.7. The highest BCUT2D eigenvalue weighted by Crippen LogP contribution is 2.51. The van der Waals surface area contributed by atoms with Gasteiger partial charge in [-0.3, -0.25) is 16.0 Å². The molecule has 1 aliphatic rings. The maximum atomic E-state index is 5.89. The molecular weight excluding hydrogens is 260 g/mol. The van der Waals surface area contributed by atoms with Crippen molar-refractivity contribution in [3.8, 4) is 0 Å². The number of benzene rings is 1. The van der Waals surface area contributed by atoms with Crippen LogP contribution in [0, 0.1) is 0 Å². The molecule has 0 amide bonds. The molecule has 21 heavy (non-hydrogen) atoms. The molecule has 112 valence electrons. The molecule has 1 saturated carbocycles. The Kier molecular flexibility index (Phi) is 3.83. The number of hydrazine groups is 1. The SMILES string of the molecule is CCc1cc(CC(NN)C2(c3ccccc3)CC2)n(C)n1. The van der Waals surface area contributed by atoms with E-state index >= 15 is 0 Å². The molecule has 3 N–H and O–H groups in total. The van der Waals surface area contributed by atoms with E-state index in [9.17, 15) is 0 Å². The maximum Gasteiger partial charge on any atom is 0.0624 e. The summed E-state index contributed by atoms with van der Waals surface area (Å²) in [6, 6.07) is 13.2. The number of hydrogen-bond acceptors (Lipinski definition) is 3. The fourth-order valence-corrected chi connectivity index (χ4v) is 3.30. The van der Waals surface area contributed by atoms with E-state index < -0.39 is 0 Å². The summed E-state index contributed by atoms with van der Waals surface area (Å²) in [6.07, 6.45) is 4.28. The second kappa shape index (κ2) is 5.62. The van der Waals surface area contributed by atoms with Gasteiger partial charge in [0.15, 0.2) is 0 Å². The first-order chi connectivity index (χ1) is 10.2. The summed E-state index contributed by atoms with van der Waals surface area (Å²) >= 11 is 0. The van der Waals surface area contributed by atoms with Gasteiger partial charge in [-0.05, 0) is 30.9 Å². The zero-order valence-electron chi connectivity index (χ0n) is 12.8. The van der Waals surface area contributed by atoms with Crippen LogP contribution in [0.5, 0.6) is 0 Å². The molecule has 4 heteroatoms. The van der Waals surface area contributed by atoms with E-state index in [2.05, 4.69) is 53.8 Å². The lowest BCUT2D eigenvalue weighted by Gasteiger charge is -2.27. The van der Waals surface area contributed by atoms with E-state index in [1.165, 1.54) is 24.1 Å². The van der Waals surface area contributed by atoms with E-state index in [0.717, 1.165) is 18.5 Å². The van der Waals surface area contributed by atoms with Crippen molar-refractivity contribution in [2.75, 3.05) is 0 Å². The third-order valence-electron chi connectivity index (χ3n) is 4.81. The highest BCUT2D eigenvalue weighted by atomic mass is 15.3. The maximum absolute atomic E-state index is 5.89. The van der Waals surface area contributed by atoms with Crippen molar-refractivity contribution in [3.63, 3.8) is 0 Å². The molecule has 1 atom stereocenters. The third kappa shape index (κ3) is 2.61. The fraction of sp³-hybridized carbons (Fsp3) is 0.471. The molecule has 1 heterocycles. The predicted molar refractivity (Wildman–Crippen MR) is 84.8 cm³/mol. The number of nitrogens with one attached hydrogen (secondary N) is 1. The highest BCUT2D eigenvalue weighted by molar-refractivity contribution is 5.34. The Labute approximate surface area is 126 Å². The second-order valence-corrected chi connectivity index (χ2v) is 6.05. The van der Waals surface area contributed by atoms with Crippen LogP contribution >= 0.6 is 0 Å². The summed E-state index contributed by atoms with van der Waals surface area (Å²) < 4.78 is 1.99. The van der Waals surface area contributed by atoms with Crippen molar-refractivity contribution in [1.82, 2.24) is 15.2 Å². The van der Waals surface area contributed by atoms with Crippen molar-refractivity contribution < 1.29 is 0 Å². The zero-order chi connectivity index (χ0) is 14.9. The monoisotopic (exact) mass is 284 g/mol. The van der Waals surface area contributed by atoms with Gasteiger partial charge in [-0.25, -0.2) is 0 Å². The number of nitrogens with zero attached hydrogens (tertiary/aromatic N) is 2. The molecule has 1 fully saturated rings. The van der Waals surface area contributed by atoms with Crippen molar-refractivity contribution >= 4 is 0 Å². The topological polar surface area (TPSA) is 55.9 Å². The molecule has 0 radical (unpaired) electrons. The van der Waals surface area contributed by atoms with Crippen LogP contribution in [0.3, 0.4) is 0 Å². The molecule has 1 aliphatic carbocycles. The quantitative estimate of drug-likeness (QED) is 0.631. The van der Waals surface area contributed by atoms with E-state index in [0.29, 0.717) is 0 Å². The summed E-state index contributed by atoms with van der Waals surface area (Å²) in [6.45, 7) is 2.14. The van der Waals surface area contributed by atoms with E-state index in [1.54, 1.807) is 0 Å². The molecule has 2 aromatic rings. The third-order valence-corrected chi connectivity index (χ3v) is 4.81. The van der Waals surface area contributed by atoms with Gasteiger partial charge in [-0.2, -0.15) is 5.10 Å². The number of nitrogens with two attached hydrogens (primary N) is 1. The smallest absolute Gasteiger partial charge is 0.0624 e. The molecular formula is C17H24N4. The molecule has 3 rings (SSSR count). The van der Waals surface area contributed by atoms with Gasteiger partial charge < -0.3 is 0 Å². The molecule has 0 bridgehead atoms. The lowest BCUT2D eigenvalue weighted by molar-refractivity contribution is 0.412. The second-order valence-electron chi connectivity index (χ2n) is 6.05. The van der Waals surface area contributed by atoms with E-state index in [1.807, 2.05) is 11.7 Å². The summed E-state index contributed by atoms with van der Waals surface area (Å²) in [5.41, 5.74) is 7.04. The largest absolute Gasteiger partial charge is 0.272 e. The highest BCUT2D eigenvalue weighted by Gasteiger charge is 2.50. The van der Waals surface area contributed by atoms with Crippen molar-refractivity contribution in [3.05, 3.63) is 53.3 Å². The van der Waals surface area contributed by atoms with Crippen LogP contribution in [0.15, 0.2) is 36.4 Å². The Hall–Kier alpha value is -1.65. The van der Waals surface area contributed by atoms with Gasteiger partial charge in [0.25, 0.3) is 0 Å². The van der Waals surface area contributed by atoms with Gasteiger partial charge >= 0.3 is 0 Å². The van der Waals surface area contributed by atoms with Crippen LogP contribution in [0.25, 0.3) is 0 Å². The average Bonchev–Trinajstić information content (AvgIpc) is 3.25. The lowest BCUT2D eigenvalue weighted by atomic mass is 9.85. The number of hydrogen-bond donors (Lipinski definition) is 2. The standard InChI is InChI=1S/C17H24N4/c1-3-14-11-15(21(2)20-14)12-16(19-18)17(9-10-17)13-7-5-4-6-8-13/h4-8,11,16,19H,3,9-10,12,18H2,1-2H3. The Bertz CT molecular complexity index is 599. The first kappa shape index (κ1) is 14.3. The lowest BCUT2D eigenvalue weighted by Crippen LogP contribution is -2.46. The molecule has 0 saturated heterocycles. The Morgan fingerprint density at radius 2 is 2.05 bits per heavy atom. The minimum Gasteiger partial charge on any atom is -0.272 e. The van der Waals surface area contributed by atoms with Gasteiger partial charge in [-0.1, -0.05) is 37.3 Å². The van der Waals surface area contributed by atoms with Gasteiger partial charge in [0.1, 0.15) is 0 Å². The van der Waals surface area contributed by atoms with Crippen molar-refractivity contribution in [2.24, 2.45) is 12.9 Å². The summed E-state index contributed by atoms with van der Waals surface area (Å²) in [5, 5.41) is 4.54. The number of aromatic nitrogens is 2. The molecule has 0 aliphatic heterocycles. The van der Waals surface area contributed by atoms with E-state index in [4.69, 9.17) is 5.84 Å². The Morgan fingerprint density at radius 1 is 1.33 bits per heavy atom. The zero-order valence-corrected chi connectivity index (χ0v) is 12.8. The van der Waals surface area contributed by atoms with Gasteiger partial charge in [0.2, 0.25) is 0 Å². The summed E-state index contributed by atoms with van der Waals surface area (Å²) in [4.78, 5) is 0. The van der Waals surface area contributed by atoms with Gasteiger partial charge in [0, 0.05) is 30.6 Å². The van der Waals surface area contributed by atoms with Crippen LogP contribution in [0.2, 0.25) is 0 Å². The van der Waals surface area contributed by atoms with Crippen molar-refractivity contribution in [1.29, 1.82) is 0 Å². The number of rotatable bonds is 6. The van der Waals surface area contributed by atoms with Crippen LogP contribution in [0.1, 0.15) is 36.7 Å². The van der Waals surface area contributed by atoms with Crippen LogP contribution < -0.4 is 11.3 Å². The molecule has 4 nitrogen and oxygen atoms in total. The average molecular weight is 284 g/mol. The molecule has 1 unspecified atom stereocenters. The number of aryl methyl sites for hydroxylation is 2. The molecule has 1 aromatic carbocycles. The minimum atomic E-state index is 0.187. The van der Waals surface area contributed by atoms with Gasteiger partial charge in [0.05, 0.1) is 5.69 Å². The molecule has 1 aromatic heterocycles. The van der Waals surface area contributed by atoms with Crippen LogP contribution in [-0.2, 0) is 25.3 Å². The minimum absolute atomic E-state index is 0.187. The Balaban J connectivity index is 1.84. The van der Waals surface area contributed by atoms with E-state index in [-0.39, 0.29) is 11.5 Å². The van der Waals surface area contributed by atoms with Crippen LogP contribution in [-0.4, -0.2) is 15.8 Å². The summed E-state index contributed by atoms with van der Waals surface area (Å²) in [7, 11) is 2.02. The fourth-order valence-electron chi connectivity index (χ4n) is 3.30. The van der Waals surface area contributed by atoms with Crippen LogP contribution in [0.4, 0.5) is 0 Å². The Morgan fingerprint density at radius 3 is 2.57 bits per heavy atom. The van der Waals surface area contributed by atoms with Crippen molar-refractivity contribution in [2.45, 2.75) is 44.1 Å². The first-order valence-electron chi connectivity index (χ1n) is 7.73. The molecule has 0 spiro atoms. The predicted octanol–water partition coefficient (Wildman–Crippen LogP) is 2.09. The first-order valence-corrected chi connectivity index (χ1v) is 7.73. The van der Waals surface area contributed by atoms with Gasteiger partial charge in [-0.15, -0.1) is 0 Å². The summed E-state index contributed by atoms with van der Waals surface area (Å²) in [5.74, 6) is 5.89.